The maximum absolute atomic E-state index is 13.3. The van der Waals surface area contributed by atoms with E-state index in [2.05, 4.69) is 0 Å². The predicted octanol–water partition coefficient (Wildman–Crippen LogP) is 2.26. The molecule has 0 saturated heterocycles. The minimum Gasteiger partial charge on any atom is -0.507 e. The molecule has 20 heavy (non-hydrogen) atoms. The summed E-state index contributed by atoms with van der Waals surface area (Å²) in [5.41, 5.74) is 5.61. The van der Waals surface area contributed by atoms with Gasteiger partial charge in [0, 0.05) is 19.1 Å². The van der Waals surface area contributed by atoms with Crippen LogP contribution in [0, 0.1) is 5.82 Å². The summed E-state index contributed by atoms with van der Waals surface area (Å²) in [6, 6.07) is 3.58. The summed E-state index contributed by atoms with van der Waals surface area (Å²) < 4.78 is 13.3. The zero-order chi connectivity index (χ0) is 14.5. The monoisotopic (exact) mass is 280 g/mol. The molecule has 3 N–H and O–H groups in total. The van der Waals surface area contributed by atoms with Crippen LogP contribution >= 0.6 is 0 Å². The Kier molecular flexibility index (Phi) is 4.95. The molecule has 0 aromatic heterocycles. The van der Waals surface area contributed by atoms with Crippen LogP contribution in [-0.4, -0.2) is 35.0 Å². The number of amides is 1. The quantitative estimate of drug-likeness (QED) is 0.889. The summed E-state index contributed by atoms with van der Waals surface area (Å²) >= 11 is 0. The molecule has 4 nitrogen and oxygen atoms in total. The van der Waals surface area contributed by atoms with Crippen molar-refractivity contribution in [1.29, 1.82) is 0 Å². The Labute approximate surface area is 118 Å². The van der Waals surface area contributed by atoms with E-state index in [1.807, 2.05) is 0 Å². The van der Waals surface area contributed by atoms with E-state index in [4.69, 9.17) is 5.73 Å². The molecule has 0 radical (unpaired) electrons. The van der Waals surface area contributed by atoms with E-state index in [9.17, 15) is 14.3 Å². The lowest BCUT2D eigenvalue weighted by molar-refractivity contribution is 0.0638. The molecule has 2 rings (SSSR count). The van der Waals surface area contributed by atoms with Gasteiger partial charge in [-0.2, -0.15) is 0 Å². The molecule has 0 spiro atoms. The number of carbonyl (C=O) groups is 1. The Morgan fingerprint density at radius 3 is 2.70 bits per heavy atom. The van der Waals surface area contributed by atoms with Gasteiger partial charge in [-0.05, 0) is 31.0 Å². The highest BCUT2D eigenvalue weighted by atomic mass is 19.1. The minimum absolute atomic E-state index is 0.0176. The van der Waals surface area contributed by atoms with Crippen molar-refractivity contribution >= 4 is 5.91 Å². The van der Waals surface area contributed by atoms with Crippen molar-refractivity contribution in [1.82, 2.24) is 4.90 Å². The summed E-state index contributed by atoms with van der Waals surface area (Å²) in [5, 5.41) is 9.78. The van der Waals surface area contributed by atoms with Gasteiger partial charge in [-0.25, -0.2) is 4.39 Å². The van der Waals surface area contributed by atoms with E-state index in [1.54, 1.807) is 4.90 Å². The van der Waals surface area contributed by atoms with Crippen molar-refractivity contribution in [3.63, 3.8) is 0 Å². The highest BCUT2D eigenvalue weighted by molar-refractivity contribution is 5.97. The van der Waals surface area contributed by atoms with Gasteiger partial charge in [0.15, 0.2) is 0 Å². The number of phenolic OH excluding ortho intramolecular Hbond substituents is 1. The summed E-state index contributed by atoms with van der Waals surface area (Å²) in [6.45, 7) is 0.789. The fraction of sp³-hybridized carbons (Fsp3) is 0.533. The molecule has 110 valence electrons. The highest BCUT2D eigenvalue weighted by Gasteiger charge is 2.27. The molecule has 1 aliphatic rings. The second-order valence-corrected chi connectivity index (χ2v) is 5.24. The van der Waals surface area contributed by atoms with Gasteiger partial charge in [0.1, 0.15) is 11.6 Å². The van der Waals surface area contributed by atoms with Crippen LogP contribution in [0.4, 0.5) is 4.39 Å². The average molecular weight is 280 g/mol. The van der Waals surface area contributed by atoms with Gasteiger partial charge in [0.05, 0.1) is 5.56 Å². The van der Waals surface area contributed by atoms with Crippen molar-refractivity contribution in [2.24, 2.45) is 5.73 Å². The first-order valence-electron chi connectivity index (χ1n) is 7.13. The van der Waals surface area contributed by atoms with E-state index in [-0.39, 0.29) is 23.3 Å². The first-order chi connectivity index (χ1) is 9.63. The molecule has 1 aromatic carbocycles. The second kappa shape index (κ2) is 6.70. The minimum atomic E-state index is -0.525. The van der Waals surface area contributed by atoms with E-state index in [0.717, 1.165) is 37.8 Å². The largest absolute Gasteiger partial charge is 0.507 e. The number of hydrogen-bond donors (Lipinski definition) is 2. The molecule has 1 aliphatic carbocycles. The van der Waals surface area contributed by atoms with Crippen molar-refractivity contribution in [2.75, 3.05) is 13.1 Å². The topological polar surface area (TPSA) is 66.6 Å². The Bertz CT molecular complexity index is 473. The SMILES string of the molecule is NCCN(C(=O)c1cc(F)ccc1O)C1CCCCC1. The number of nitrogens with zero attached hydrogens (tertiary/aromatic N) is 1. The first-order valence-corrected chi connectivity index (χ1v) is 7.13. The molecule has 1 amide bonds. The van der Waals surface area contributed by atoms with Gasteiger partial charge in [0.25, 0.3) is 5.91 Å². The summed E-state index contributed by atoms with van der Waals surface area (Å²) in [5.74, 6) is -1.05. The lowest BCUT2D eigenvalue weighted by Crippen LogP contribution is -2.44. The van der Waals surface area contributed by atoms with E-state index in [0.29, 0.717) is 13.1 Å². The maximum atomic E-state index is 13.3. The van der Waals surface area contributed by atoms with Gasteiger partial charge in [0.2, 0.25) is 0 Å². The van der Waals surface area contributed by atoms with Gasteiger partial charge in [-0.15, -0.1) is 0 Å². The predicted molar refractivity (Wildman–Crippen MR) is 75.0 cm³/mol. The van der Waals surface area contributed by atoms with Crippen LogP contribution in [0.5, 0.6) is 5.75 Å². The number of benzene rings is 1. The average Bonchev–Trinajstić information content (AvgIpc) is 2.47. The van der Waals surface area contributed by atoms with Gasteiger partial charge < -0.3 is 15.7 Å². The number of halogens is 1. The normalized spacial score (nSPS) is 16.1. The molecule has 0 atom stereocenters. The molecular weight excluding hydrogens is 259 g/mol. The highest BCUT2D eigenvalue weighted by Crippen LogP contribution is 2.26. The summed E-state index contributed by atoms with van der Waals surface area (Å²) in [4.78, 5) is 14.2. The number of phenols is 1. The Balaban J connectivity index is 2.23. The fourth-order valence-corrected chi connectivity index (χ4v) is 2.82. The van der Waals surface area contributed by atoms with Crippen LogP contribution in [0.1, 0.15) is 42.5 Å². The third kappa shape index (κ3) is 3.28. The molecule has 0 aliphatic heterocycles. The fourth-order valence-electron chi connectivity index (χ4n) is 2.82. The third-order valence-electron chi connectivity index (χ3n) is 3.84. The molecule has 5 heteroatoms. The maximum Gasteiger partial charge on any atom is 0.258 e. The van der Waals surface area contributed by atoms with Crippen LogP contribution < -0.4 is 5.73 Å². The van der Waals surface area contributed by atoms with Crippen LogP contribution in [0.3, 0.4) is 0 Å². The number of aromatic hydroxyl groups is 1. The lowest BCUT2D eigenvalue weighted by atomic mass is 9.93. The molecular formula is C15H21FN2O2. The number of rotatable bonds is 4. The number of hydrogen-bond acceptors (Lipinski definition) is 3. The van der Waals surface area contributed by atoms with Crippen LogP contribution in [0.2, 0.25) is 0 Å². The van der Waals surface area contributed by atoms with Crippen molar-refractivity contribution in [3.05, 3.63) is 29.6 Å². The molecule has 1 aromatic rings. The zero-order valence-corrected chi connectivity index (χ0v) is 11.5. The third-order valence-corrected chi connectivity index (χ3v) is 3.84. The molecule has 0 heterocycles. The molecule has 1 saturated carbocycles. The van der Waals surface area contributed by atoms with Crippen LogP contribution in [-0.2, 0) is 0 Å². The van der Waals surface area contributed by atoms with Crippen LogP contribution in [0.25, 0.3) is 0 Å². The number of nitrogens with two attached hydrogens (primary N) is 1. The van der Waals surface area contributed by atoms with E-state index < -0.39 is 5.82 Å². The molecule has 0 unspecified atom stereocenters. The van der Waals surface area contributed by atoms with E-state index in [1.165, 1.54) is 12.5 Å². The Hall–Kier alpha value is -1.62. The number of carbonyl (C=O) groups excluding carboxylic acids is 1. The smallest absolute Gasteiger partial charge is 0.258 e. The van der Waals surface area contributed by atoms with Crippen molar-refractivity contribution in [3.8, 4) is 5.75 Å². The van der Waals surface area contributed by atoms with E-state index >= 15 is 0 Å². The first kappa shape index (κ1) is 14.8. The van der Waals surface area contributed by atoms with Gasteiger partial charge in [-0.3, -0.25) is 4.79 Å². The van der Waals surface area contributed by atoms with Gasteiger partial charge in [-0.1, -0.05) is 19.3 Å². The summed E-state index contributed by atoms with van der Waals surface area (Å²) in [6.07, 6.45) is 5.26. The molecule has 0 bridgehead atoms. The Morgan fingerprint density at radius 1 is 1.35 bits per heavy atom. The standard InChI is InChI=1S/C15H21FN2O2/c16-11-6-7-14(19)13(10-11)15(20)18(9-8-17)12-4-2-1-3-5-12/h6-7,10,12,19H,1-5,8-9,17H2. The van der Waals surface area contributed by atoms with Gasteiger partial charge >= 0.3 is 0 Å². The summed E-state index contributed by atoms with van der Waals surface area (Å²) in [7, 11) is 0. The Morgan fingerprint density at radius 2 is 2.05 bits per heavy atom. The van der Waals surface area contributed by atoms with Crippen molar-refractivity contribution in [2.45, 2.75) is 38.1 Å². The zero-order valence-electron chi connectivity index (χ0n) is 11.5. The van der Waals surface area contributed by atoms with Crippen LogP contribution in [0.15, 0.2) is 18.2 Å². The second-order valence-electron chi connectivity index (χ2n) is 5.24. The lowest BCUT2D eigenvalue weighted by Gasteiger charge is -2.34. The van der Waals surface area contributed by atoms with Crippen molar-refractivity contribution < 1.29 is 14.3 Å². The molecule has 1 fully saturated rings.